The summed E-state index contributed by atoms with van der Waals surface area (Å²) in [5, 5.41) is 3.89. The zero-order valence-electron chi connectivity index (χ0n) is 15.3. The van der Waals surface area contributed by atoms with Gasteiger partial charge in [-0.3, -0.25) is 0 Å². The summed E-state index contributed by atoms with van der Waals surface area (Å²) < 4.78 is 46.2. The molecule has 1 aromatic carbocycles. The maximum absolute atomic E-state index is 14.6. The summed E-state index contributed by atoms with van der Waals surface area (Å²) in [4.78, 5) is 16.2. The highest BCUT2D eigenvalue weighted by Crippen LogP contribution is 2.37. The average Bonchev–Trinajstić information content (AvgIpc) is 3.21. The van der Waals surface area contributed by atoms with E-state index in [1.54, 1.807) is 13.0 Å². The summed E-state index contributed by atoms with van der Waals surface area (Å²) in [5.41, 5.74) is 6.57. The van der Waals surface area contributed by atoms with Crippen molar-refractivity contribution < 1.29 is 17.9 Å². The van der Waals surface area contributed by atoms with Gasteiger partial charge in [-0.2, -0.15) is 13.5 Å². The first-order valence-corrected chi connectivity index (χ1v) is 8.94. The minimum absolute atomic E-state index is 0.0313. The van der Waals surface area contributed by atoms with Gasteiger partial charge in [-0.1, -0.05) is 17.7 Å². The van der Waals surface area contributed by atoms with Gasteiger partial charge in [0.1, 0.15) is 24.0 Å². The van der Waals surface area contributed by atoms with Gasteiger partial charge in [-0.15, -0.1) is 5.10 Å². The SMILES string of the molecule is C[C@H](Oc1cnc(-c2cccc(Cl)c2F)c2ncnc(N)c12)c1ncn(C(F)F)n1. The van der Waals surface area contributed by atoms with Crippen LogP contribution in [0.15, 0.2) is 37.1 Å². The van der Waals surface area contributed by atoms with Crippen molar-refractivity contribution in [2.75, 3.05) is 5.73 Å². The van der Waals surface area contributed by atoms with E-state index in [1.165, 1.54) is 24.7 Å². The second-order valence-corrected chi connectivity index (χ2v) is 6.58. The number of nitrogen functional groups attached to an aromatic ring is 1. The third-order valence-electron chi connectivity index (χ3n) is 4.26. The van der Waals surface area contributed by atoms with Gasteiger partial charge in [0.25, 0.3) is 0 Å². The number of fused-ring (bicyclic) bond motifs is 1. The number of nitrogens with zero attached hydrogens (tertiary/aromatic N) is 6. The Hall–Kier alpha value is -3.47. The van der Waals surface area contributed by atoms with Gasteiger partial charge in [0.2, 0.25) is 0 Å². The molecule has 0 unspecified atom stereocenters. The molecule has 0 spiro atoms. The topological polar surface area (TPSA) is 105 Å². The fraction of sp³-hybridized carbons (Fsp3) is 0.167. The predicted octanol–water partition coefficient (Wildman–Crippen LogP) is 4.19. The molecule has 0 aliphatic carbocycles. The molecule has 0 aliphatic rings. The first-order valence-electron chi connectivity index (χ1n) is 8.56. The summed E-state index contributed by atoms with van der Waals surface area (Å²) in [7, 11) is 0. The smallest absolute Gasteiger partial charge is 0.334 e. The van der Waals surface area contributed by atoms with Crippen molar-refractivity contribution in [3.05, 3.63) is 53.7 Å². The van der Waals surface area contributed by atoms with Crippen molar-refractivity contribution >= 4 is 28.3 Å². The van der Waals surface area contributed by atoms with Gasteiger partial charge in [0.05, 0.1) is 22.3 Å². The molecule has 8 nitrogen and oxygen atoms in total. The van der Waals surface area contributed by atoms with Crippen LogP contribution in [0.3, 0.4) is 0 Å². The van der Waals surface area contributed by atoms with Gasteiger partial charge in [0.15, 0.2) is 23.5 Å². The molecular formula is C18H13ClF3N7O. The maximum atomic E-state index is 14.6. The summed E-state index contributed by atoms with van der Waals surface area (Å²) in [6.07, 6.45) is 2.62. The Bertz CT molecular complexity index is 1230. The summed E-state index contributed by atoms with van der Waals surface area (Å²) in [6.45, 7) is -1.25. The van der Waals surface area contributed by atoms with Crippen molar-refractivity contribution in [3.63, 3.8) is 0 Å². The van der Waals surface area contributed by atoms with Crippen LogP contribution in [0, 0.1) is 5.82 Å². The van der Waals surface area contributed by atoms with Crippen LogP contribution in [0.4, 0.5) is 19.0 Å². The molecule has 1 atom stereocenters. The lowest BCUT2D eigenvalue weighted by molar-refractivity contribution is 0.0550. The van der Waals surface area contributed by atoms with Gasteiger partial charge in [0, 0.05) is 5.56 Å². The van der Waals surface area contributed by atoms with E-state index in [1.807, 2.05) is 0 Å². The second-order valence-electron chi connectivity index (χ2n) is 6.18. The van der Waals surface area contributed by atoms with E-state index >= 15 is 0 Å². The number of hydrogen-bond acceptors (Lipinski definition) is 7. The maximum Gasteiger partial charge on any atom is 0.334 e. The number of halogens is 4. The fourth-order valence-electron chi connectivity index (χ4n) is 2.86. The molecule has 0 saturated carbocycles. The Morgan fingerprint density at radius 2 is 1.97 bits per heavy atom. The lowest BCUT2D eigenvalue weighted by Crippen LogP contribution is -2.09. The van der Waals surface area contributed by atoms with E-state index in [0.717, 1.165) is 6.33 Å². The lowest BCUT2D eigenvalue weighted by Gasteiger charge is -2.15. The highest BCUT2D eigenvalue weighted by atomic mass is 35.5. The Kier molecular flexibility index (Phi) is 5.12. The second kappa shape index (κ2) is 7.75. The normalized spacial score (nSPS) is 12.5. The van der Waals surface area contributed by atoms with Gasteiger partial charge < -0.3 is 10.5 Å². The minimum atomic E-state index is -2.82. The zero-order chi connectivity index (χ0) is 21.4. The van der Waals surface area contributed by atoms with Crippen LogP contribution >= 0.6 is 11.6 Å². The monoisotopic (exact) mass is 435 g/mol. The van der Waals surface area contributed by atoms with Crippen LogP contribution in [0.5, 0.6) is 5.75 Å². The van der Waals surface area contributed by atoms with Crippen molar-refractivity contribution in [2.45, 2.75) is 19.6 Å². The van der Waals surface area contributed by atoms with Crippen LogP contribution in [0.1, 0.15) is 25.4 Å². The van der Waals surface area contributed by atoms with Crippen molar-refractivity contribution in [1.29, 1.82) is 0 Å². The number of benzene rings is 1. The van der Waals surface area contributed by atoms with Gasteiger partial charge in [-0.25, -0.2) is 24.3 Å². The van der Waals surface area contributed by atoms with Crippen molar-refractivity contribution in [2.24, 2.45) is 0 Å². The third kappa shape index (κ3) is 3.47. The summed E-state index contributed by atoms with van der Waals surface area (Å²) in [5.74, 6) is -0.396. The highest BCUT2D eigenvalue weighted by Gasteiger charge is 2.21. The van der Waals surface area contributed by atoms with E-state index in [9.17, 15) is 13.2 Å². The molecule has 0 radical (unpaired) electrons. The molecule has 30 heavy (non-hydrogen) atoms. The van der Waals surface area contributed by atoms with E-state index in [0.29, 0.717) is 4.68 Å². The van der Waals surface area contributed by atoms with Gasteiger partial charge in [-0.05, 0) is 19.1 Å². The number of alkyl halides is 2. The van der Waals surface area contributed by atoms with E-state index in [2.05, 4.69) is 25.0 Å². The molecule has 2 N–H and O–H groups in total. The van der Waals surface area contributed by atoms with E-state index in [-0.39, 0.29) is 44.6 Å². The van der Waals surface area contributed by atoms with Crippen molar-refractivity contribution in [1.82, 2.24) is 29.7 Å². The van der Waals surface area contributed by atoms with E-state index in [4.69, 9.17) is 22.1 Å². The van der Waals surface area contributed by atoms with Crippen LogP contribution in [0.25, 0.3) is 22.2 Å². The minimum Gasteiger partial charge on any atom is -0.480 e. The number of anilines is 1. The lowest BCUT2D eigenvalue weighted by atomic mass is 10.1. The molecule has 4 rings (SSSR count). The number of nitrogens with two attached hydrogens (primary N) is 1. The average molecular weight is 436 g/mol. The number of rotatable bonds is 5. The molecular weight excluding hydrogens is 423 g/mol. The molecule has 12 heteroatoms. The fourth-order valence-corrected chi connectivity index (χ4v) is 3.03. The third-order valence-corrected chi connectivity index (χ3v) is 4.55. The van der Waals surface area contributed by atoms with Crippen LogP contribution in [0.2, 0.25) is 5.02 Å². The predicted molar refractivity (Wildman–Crippen MR) is 102 cm³/mol. The Morgan fingerprint density at radius 1 is 1.17 bits per heavy atom. The molecule has 154 valence electrons. The Balaban J connectivity index is 1.79. The number of aromatic nitrogens is 6. The summed E-state index contributed by atoms with van der Waals surface area (Å²) >= 11 is 5.88. The standard InChI is InChI=1S/C18H13ClF3N7O/c1-8(17-27-7-29(28-17)18(21)22)30-11-5-24-14(9-3-2-4-10(19)13(9)20)15-12(11)16(23)26-6-25-15/h2-8,18H,1H3,(H2,23,25,26)/t8-/m0/s1. The molecule has 0 amide bonds. The molecule has 3 aromatic heterocycles. The molecule has 0 aliphatic heterocycles. The quantitative estimate of drug-likeness (QED) is 0.501. The van der Waals surface area contributed by atoms with Crippen LogP contribution < -0.4 is 10.5 Å². The zero-order valence-corrected chi connectivity index (χ0v) is 16.1. The first kappa shape index (κ1) is 19.8. The highest BCUT2D eigenvalue weighted by molar-refractivity contribution is 6.31. The van der Waals surface area contributed by atoms with Gasteiger partial charge >= 0.3 is 6.55 Å². The number of hydrogen-bond donors (Lipinski definition) is 1. The first-order chi connectivity index (χ1) is 14.4. The van der Waals surface area contributed by atoms with Crippen LogP contribution in [-0.2, 0) is 0 Å². The van der Waals surface area contributed by atoms with E-state index < -0.39 is 18.5 Å². The molecule has 0 bridgehead atoms. The number of pyridine rings is 1. The van der Waals surface area contributed by atoms with Crippen LogP contribution in [-0.4, -0.2) is 29.7 Å². The van der Waals surface area contributed by atoms with Crippen molar-refractivity contribution in [3.8, 4) is 17.0 Å². The molecule has 0 fully saturated rings. The number of ether oxygens (including phenoxy) is 1. The molecule has 0 saturated heterocycles. The molecule has 3 heterocycles. The Labute approximate surface area is 172 Å². The largest absolute Gasteiger partial charge is 0.480 e. The Morgan fingerprint density at radius 3 is 2.70 bits per heavy atom. The molecule has 4 aromatic rings. The summed E-state index contributed by atoms with van der Waals surface area (Å²) in [6, 6.07) is 4.50.